The summed E-state index contributed by atoms with van der Waals surface area (Å²) in [6.45, 7) is 4.28. The zero-order valence-corrected chi connectivity index (χ0v) is 14.5. The van der Waals surface area contributed by atoms with Crippen molar-refractivity contribution in [2.45, 2.75) is 83.7 Å². The number of aromatic amines is 1. The Morgan fingerprint density at radius 3 is 2.54 bits per heavy atom. The first kappa shape index (κ1) is 19.0. The van der Waals surface area contributed by atoms with Gasteiger partial charge < -0.3 is 0 Å². The van der Waals surface area contributed by atoms with Crippen molar-refractivity contribution in [3.8, 4) is 0 Å². The Bertz CT molecular complexity index is 595. The number of H-pyrrole nitrogens is 1. The molecule has 1 aliphatic carbocycles. The summed E-state index contributed by atoms with van der Waals surface area (Å²) in [5, 5.41) is 6.02. The second-order valence-corrected chi connectivity index (χ2v) is 6.97. The van der Waals surface area contributed by atoms with Gasteiger partial charge >= 0.3 is 6.18 Å². The highest BCUT2D eigenvalue weighted by Crippen LogP contribution is 2.42. The van der Waals surface area contributed by atoms with Gasteiger partial charge in [-0.3, -0.25) is 4.79 Å². The lowest BCUT2D eigenvalue weighted by molar-refractivity contribution is -0.139. The van der Waals surface area contributed by atoms with Crippen LogP contribution < -0.4 is 5.56 Å². The van der Waals surface area contributed by atoms with Crippen LogP contribution in [0.15, 0.2) is 4.79 Å². The van der Waals surface area contributed by atoms with Gasteiger partial charge in [-0.1, -0.05) is 58.8 Å². The predicted octanol–water partition coefficient (Wildman–Crippen LogP) is 5.21. The van der Waals surface area contributed by atoms with E-state index in [-0.39, 0.29) is 17.4 Å². The van der Waals surface area contributed by atoms with Crippen molar-refractivity contribution < 1.29 is 13.2 Å². The maximum absolute atomic E-state index is 13.1. The highest BCUT2D eigenvalue weighted by molar-refractivity contribution is 5.36. The summed E-state index contributed by atoms with van der Waals surface area (Å²) >= 11 is 0. The van der Waals surface area contributed by atoms with E-state index >= 15 is 0 Å². The lowest BCUT2D eigenvalue weighted by Crippen LogP contribution is -2.26. The quantitative estimate of drug-likeness (QED) is 0.658. The van der Waals surface area contributed by atoms with Gasteiger partial charge in [0.2, 0.25) is 0 Å². The molecule has 24 heavy (non-hydrogen) atoms. The van der Waals surface area contributed by atoms with Crippen molar-refractivity contribution in [1.29, 1.82) is 0 Å². The van der Waals surface area contributed by atoms with Crippen LogP contribution in [0, 0.1) is 5.92 Å². The molecule has 1 aromatic rings. The van der Waals surface area contributed by atoms with E-state index in [0.29, 0.717) is 18.5 Å². The van der Waals surface area contributed by atoms with Crippen LogP contribution in [0.4, 0.5) is 13.2 Å². The van der Waals surface area contributed by atoms with Gasteiger partial charge in [0.1, 0.15) is 5.56 Å². The van der Waals surface area contributed by atoms with Crippen molar-refractivity contribution >= 4 is 0 Å². The van der Waals surface area contributed by atoms with E-state index in [0.717, 1.165) is 12.8 Å². The van der Waals surface area contributed by atoms with E-state index in [9.17, 15) is 18.0 Å². The van der Waals surface area contributed by atoms with Gasteiger partial charge in [0.25, 0.3) is 5.56 Å². The number of fused-ring (bicyclic) bond motifs is 1. The van der Waals surface area contributed by atoms with Crippen LogP contribution in [0.3, 0.4) is 0 Å². The van der Waals surface area contributed by atoms with Crippen molar-refractivity contribution in [1.82, 2.24) is 10.2 Å². The number of unbranched alkanes of at least 4 members (excludes halogenated alkanes) is 5. The second-order valence-electron chi connectivity index (χ2n) is 6.97. The number of nitrogens with zero attached hydrogens (tertiary/aromatic N) is 1. The maximum atomic E-state index is 13.1. The third-order valence-corrected chi connectivity index (χ3v) is 5.16. The average Bonchev–Trinajstić information content (AvgIpc) is 2.92. The molecule has 0 bridgehead atoms. The lowest BCUT2D eigenvalue weighted by Gasteiger charge is -2.19. The molecular formula is C18H27F3N2O. The SMILES string of the molecule is CCCCCCCCC(C)C1CCc2c1n[nH]c(=O)c2C(F)(F)F. The summed E-state index contributed by atoms with van der Waals surface area (Å²) in [5.41, 5.74) is -1.58. The number of halogens is 3. The summed E-state index contributed by atoms with van der Waals surface area (Å²) in [6, 6.07) is 0. The summed E-state index contributed by atoms with van der Waals surface area (Å²) in [5.74, 6) is 0.311. The van der Waals surface area contributed by atoms with Crippen LogP contribution >= 0.6 is 0 Å². The van der Waals surface area contributed by atoms with E-state index in [4.69, 9.17) is 0 Å². The molecule has 3 nitrogen and oxygen atoms in total. The Labute approximate surface area is 141 Å². The molecular weight excluding hydrogens is 317 g/mol. The molecule has 136 valence electrons. The molecule has 2 atom stereocenters. The largest absolute Gasteiger partial charge is 0.422 e. The van der Waals surface area contributed by atoms with E-state index in [1.165, 1.54) is 32.1 Å². The van der Waals surface area contributed by atoms with Gasteiger partial charge in [-0.2, -0.15) is 18.3 Å². The fraction of sp³-hybridized carbons (Fsp3) is 0.778. The molecule has 0 spiro atoms. The molecule has 2 unspecified atom stereocenters. The summed E-state index contributed by atoms with van der Waals surface area (Å²) in [6.07, 6.45) is 4.59. The third-order valence-electron chi connectivity index (χ3n) is 5.16. The Morgan fingerprint density at radius 1 is 1.21 bits per heavy atom. The minimum atomic E-state index is -4.61. The van der Waals surface area contributed by atoms with Gasteiger partial charge in [-0.05, 0) is 24.3 Å². The molecule has 1 aromatic heterocycles. The summed E-state index contributed by atoms with van der Waals surface area (Å²) in [4.78, 5) is 11.6. The lowest BCUT2D eigenvalue weighted by atomic mass is 9.87. The van der Waals surface area contributed by atoms with Crippen molar-refractivity contribution in [2.24, 2.45) is 5.92 Å². The fourth-order valence-corrected chi connectivity index (χ4v) is 3.80. The number of hydrogen-bond acceptors (Lipinski definition) is 2. The second kappa shape index (κ2) is 8.17. The summed E-state index contributed by atoms with van der Waals surface area (Å²) < 4.78 is 39.4. The van der Waals surface area contributed by atoms with Crippen LogP contribution in [0.5, 0.6) is 0 Å². The average molecular weight is 344 g/mol. The van der Waals surface area contributed by atoms with E-state index in [1.54, 1.807) is 0 Å². The first-order valence-electron chi connectivity index (χ1n) is 9.04. The van der Waals surface area contributed by atoms with Crippen LogP contribution in [0.25, 0.3) is 0 Å². The van der Waals surface area contributed by atoms with Crippen LogP contribution in [0.1, 0.15) is 88.0 Å². The van der Waals surface area contributed by atoms with Gasteiger partial charge in [0.15, 0.2) is 0 Å². The Kier molecular flexibility index (Phi) is 6.47. The first-order valence-corrected chi connectivity index (χ1v) is 9.04. The molecule has 1 heterocycles. The smallest absolute Gasteiger partial charge is 0.267 e. The first-order chi connectivity index (χ1) is 11.4. The van der Waals surface area contributed by atoms with Crippen molar-refractivity contribution in [3.05, 3.63) is 27.2 Å². The number of nitrogens with one attached hydrogen (secondary N) is 1. The van der Waals surface area contributed by atoms with Gasteiger partial charge in [0, 0.05) is 5.92 Å². The molecule has 0 aliphatic heterocycles. The standard InChI is InChI=1S/C18H27F3N2O/c1-3-4-5-6-7-8-9-12(2)13-10-11-14-15(18(19,20)21)17(24)23-22-16(13)14/h12-13H,3-11H2,1-2H3,(H,23,24). The molecule has 1 aliphatic rings. The molecule has 0 amide bonds. The molecule has 0 saturated heterocycles. The van der Waals surface area contributed by atoms with Gasteiger partial charge in [-0.25, -0.2) is 5.10 Å². The zero-order chi connectivity index (χ0) is 17.7. The highest BCUT2D eigenvalue weighted by Gasteiger charge is 2.42. The molecule has 0 saturated carbocycles. The number of alkyl halides is 3. The number of aromatic nitrogens is 2. The maximum Gasteiger partial charge on any atom is 0.422 e. The van der Waals surface area contributed by atoms with Crippen LogP contribution in [-0.2, 0) is 12.6 Å². The fourth-order valence-electron chi connectivity index (χ4n) is 3.80. The minimum absolute atomic E-state index is 0.0218. The normalized spacial score (nSPS) is 18.6. The van der Waals surface area contributed by atoms with Crippen LogP contribution in [0.2, 0.25) is 0 Å². The van der Waals surface area contributed by atoms with E-state index in [2.05, 4.69) is 24.0 Å². The van der Waals surface area contributed by atoms with E-state index in [1.807, 2.05) is 0 Å². The van der Waals surface area contributed by atoms with Crippen LogP contribution in [-0.4, -0.2) is 10.2 Å². The monoisotopic (exact) mass is 344 g/mol. The molecule has 1 N–H and O–H groups in total. The zero-order valence-electron chi connectivity index (χ0n) is 14.5. The molecule has 2 rings (SSSR count). The Balaban J connectivity index is 2.00. The van der Waals surface area contributed by atoms with Gasteiger partial charge in [-0.15, -0.1) is 0 Å². The topological polar surface area (TPSA) is 45.8 Å². The van der Waals surface area contributed by atoms with Gasteiger partial charge in [0.05, 0.1) is 5.69 Å². The Morgan fingerprint density at radius 2 is 1.88 bits per heavy atom. The number of rotatable bonds is 8. The Hall–Kier alpha value is -1.33. The molecule has 6 heteroatoms. The molecule has 0 radical (unpaired) electrons. The van der Waals surface area contributed by atoms with Crippen molar-refractivity contribution in [2.75, 3.05) is 0 Å². The number of hydrogen-bond donors (Lipinski definition) is 1. The molecule has 0 aromatic carbocycles. The van der Waals surface area contributed by atoms with Crippen molar-refractivity contribution in [3.63, 3.8) is 0 Å². The van der Waals surface area contributed by atoms with E-state index < -0.39 is 17.3 Å². The predicted molar refractivity (Wildman–Crippen MR) is 88.1 cm³/mol. The third kappa shape index (κ3) is 4.39. The highest BCUT2D eigenvalue weighted by atomic mass is 19.4. The molecule has 0 fully saturated rings. The minimum Gasteiger partial charge on any atom is -0.267 e. The summed E-state index contributed by atoms with van der Waals surface area (Å²) in [7, 11) is 0.